The first-order valence-electron chi connectivity index (χ1n) is 6.34. The highest BCUT2D eigenvalue weighted by Crippen LogP contribution is 2.16. The normalized spacial score (nSPS) is 11.4. The number of ketones is 2. The molecule has 0 radical (unpaired) electrons. The van der Waals surface area contributed by atoms with Crippen LogP contribution in [-0.2, 0) is 16.9 Å². The largest absolute Gasteiger partial charge is 0.347 e. The highest BCUT2D eigenvalue weighted by atomic mass is 35.5. The molecule has 0 N–H and O–H groups in total. The Labute approximate surface area is 133 Å². The Kier molecular flexibility index (Phi) is 4.53. The molecule has 0 amide bonds. The average molecular weight is 340 g/mol. The number of halogens is 1. The molecule has 1 heterocycles. The SMILES string of the molecule is Cn1cc(C(=O)CCl)cc1C(=O)c1ccc(S(C)(=O)=O)cc1. The van der Waals surface area contributed by atoms with E-state index in [2.05, 4.69) is 0 Å². The number of carbonyl (C=O) groups excluding carboxylic acids is 2. The van der Waals surface area contributed by atoms with Crippen LogP contribution in [0.1, 0.15) is 26.4 Å². The maximum atomic E-state index is 12.4. The number of aryl methyl sites for hydroxylation is 1. The minimum atomic E-state index is -3.30. The minimum absolute atomic E-state index is 0.147. The predicted molar refractivity (Wildman–Crippen MR) is 83.4 cm³/mol. The third kappa shape index (κ3) is 3.28. The van der Waals surface area contributed by atoms with E-state index in [0.717, 1.165) is 6.26 Å². The molecule has 0 aliphatic heterocycles. The number of hydrogen-bond acceptors (Lipinski definition) is 4. The van der Waals surface area contributed by atoms with Gasteiger partial charge >= 0.3 is 0 Å². The molecule has 22 heavy (non-hydrogen) atoms. The zero-order chi connectivity index (χ0) is 16.5. The molecule has 2 aromatic rings. The summed E-state index contributed by atoms with van der Waals surface area (Å²) in [4.78, 5) is 24.2. The van der Waals surface area contributed by atoms with Crippen LogP contribution in [0.15, 0.2) is 41.4 Å². The van der Waals surface area contributed by atoms with Crippen LogP contribution in [0.2, 0.25) is 0 Å². The van der Waals surface area contributed by atoms with Crippen LogP contribution < -0.4 is 0 Å². The second-order valence-electron chi connectivity index (χ2n) is 4.91. The molecule has 7 heteroatoms. The van der Waals surface area contributed by atoms with Gasteiger partial charge in [0.2, 0.25) is 5.78 Å². The minimum Gasteiger partial charge on any atom is -0.347 e. The second-order valence-corrected chi connectivity index (χ2v) is 7.19. The highest BCUT2D eigenvalue weighted by molar-refractivity contribution is 7.90. The van der Waals surface area contributed by atoms with Gasteiger partial charge in [0, 0.05) is 30.6 Å². The number of carbonyl (C=O) groups is 2. The van der Waals surface area contributed by atoms with Crippen LogP contribution in [0.3, 0.4) is 0 Å². The topological polar surface area (TPSA) is 73.2 Å². The average Bonchev–Trinajstić information content (AvgIpc) is 2.87. The molecule has 0 spiro atoms. The Morgan fingerprint density at radius 1 is 1.14 bits per heavy atom. The number of aromatic nitrogens is 1. The second kappa shape index (κ2) is 6.06. The summed E-state index contributed by atoms with van der Waals surface area (Å²) in [7, 11) is -1.65. The van der Waals surface area contributed by atoms with Crippen LogP contribution in [0.4, 0.5) is 0 Å². The molecule has 116 valence electrons. The van der Waals surface area contributed by atoms with E-state index in [0.29, 0.717) is 16.8 Å². The molecule has 2 rings (SSSR count). The lowest BCUT2D eigenvalue weighted by molar-refractivity contribution is 0.101. The van der Waals surface area contributed by atoms with E-state index in [1.54, 1.807) is 17.8 Å². The number of benzene rings is 1. The maximum absolute atomic E-state index is 12.4. The van der Waals surface area contributed by atoms with Gasteiger partial charge in [-0.25, -0.2) is 8.42 Å². The van der Waals surface area contributed by atoms with E-state index >= 15 is 0 Å². The molecule has 0 saturated carbocycles. The summed E-state index contributed by atoms with van der Waals surface area (Å²) in [5, 5.41) is 0. The van der Waals surface area contributed by atoms with Gasteiger partial charge in [0.05, 0.1) is 16.5 Å². The van der Waals surface area contributed by atoms with Crippen LogP contribution in [-0.4, -0.2) is 36.7 Å². The molecule has 0 aliphatic rings. The molecule has 0 saturated heterocycles. The fourth-order valence-electron chi connectivity index (χ4n) is 2.02. The fourth-order valence-corrected chi connectivity index (χ4v) is 2.81. The third-order valence-electron chi connectivity index (χ3n) is 3.23. The highest BCUT2D eigenvalue weighted by Gasteiger charge is 2.17. The Balaban J connectivity index is 2.36. The van der Waals surface area contributed by atoms with Gasteiger partial charge in [-0.05, 0) is 30.3 Å². The first-order chi connectivity index (χ1) is 10.2. The van der Waals surface area contributed by atoms with Crippen LogP contribution in [0, 0.1) is 0 Å². The Bertz CT molecular complexity index is 835. The van der Waals surface area contributed by atoms with Crippen molar-refractivity contribution in [2.45, 2.75) is 4.90 Å². The van der Waals surface area contributed by atoms with E-state index in [1.807, 2.05) is 0 Å². The van der Waals surface area contributed by atoms with Crippen LogP contribution in [0.5, 0.6) is 0 Å². The number of sulfone groups is 1. The zero-order valence-electron chi connectivity index (χ0n) is 12.0. The molecule has 1 aromatic heterocycles. The first-order valence-corrected chi connectivity index (χ1v) is 8.77. The molecular weight excluding hydrogens is 326 g/mol. The zero-order valence-corrected chi connectivity index (χ0v) is 13.6. The van der Waals surface area contributed by atoms with Crippen LogP contribution >= 0.6 is 11.6 Å². The summed E-state index contributed by atoms with van der Waals surface area (Å²) in [6.45, 7) is 0. The number of nitrogens with zero attached hydrogens (tertiary/aromatic N) is 1. The molecule has 0 bridgehead atoms. The number of alkyl halides is 1. The number of Topliss-reactive ketones (excluding diaryl/α,β-unsaturated/α-hetero) is 1. The summed E-state index contributed by atoms with van der Waals surface area (Å²) in [6, 6.07) is 7.16. The van der Waals surface area contributed by atoms with Crippen LogP contribution in [0.25, 0.3) is 0 Å². The Morgan fingerprint density at radius 3 is 2.23 bits per heavy atom. The van der Waals surface area contributed by atoms with Gasteiger partial charge < -0.3 is 4.57 Å². The number of rotatable bonds is 5. The maximum Gasteiger partial charge on any atom is 0.209 e. The smallest absolute Gasteiger partial charge is 0.209 e. The van der Waals surface area contributed by atoms with Gasteiger partial charge in [0.25, 0.3) is 0 Å². The van der Waals surface area contributed by atoms with Crippen molar-refractivity contribution in [1.82, 2.24) is 4.57 Å². The van der Waals surface area contributed by atoms with E-state index in [1.165, 1.54) is 30.3 Å². The standard InChI is InChI=1S/C15H14ClNO4S/c1-17-9-11(14(18)8-16)7-13(17)15(19)10-3-5-12(6-4-10)22(2,20)21/h3-7,9H,8H2,1-2H3. The quantitative estimate of drug-likeness (QED) is 0.617. The van der Waals surface area contributed by atoms with Crippen molar-refractivity contribution in [3.05, 3.63) is 53.3 Å². The van der Waals surface area contributed by atoms with E-state index in [9.17, 15) is 18.0 Å². The molecule has 0 atom stereocenters. The van der Waals surface area contributed by atoms with Gasteiger partial charge in [-0.15, -0.1) is 11.6 Å². The lowest BCUT2D eigenvalue weighted by Gasteiger charge is -2.03. The molecule has 0 unspecified atom stereocenters. The lowest BCUT2D eigenvalue weighted by Crippen LogP contribution is -2.07. The van der Waals surface area contributed by atoms with Crippen molar-refractivity contribution in [3.63, 3.8) is 0 Å². The van der Waals surface area contributed by atoms with E-state index in [4.69, 9.17) is 11.6 Å². The summed E-state index contributed by atoms with van der Waals surface area (Å²) in [6.07, 6.45) is 2.65. The van der Waals surface area contributed by atoms with Gasteiger partial charge in [-0.3, -0.25) is 9.59 Å². The lowest BCUT2D eigenvalue weighted by atomic mass is 10.1. The summed E-state index contributed by atoms with van der Waals surface area (Å²) < 4.78 is 24.4. The number of hydrogen-bond donors (Lipinski definition) is 0. The fraction of sp³-hybridized carbons (Fsp3) is 0.200. The van der Waals surface area contributed by atoms with Crippen molar-refractivity contribution in [2.24, 2.45) is 7.05 Å². The van der Waals surface area contributed by atoms with Gasteiger partial charge in [-0.2, -0.15) is 0 Å². The molecule has 0 aliphatic carbocycles. The van der Waals surface area contributed by atoms with Gasteiger partial charge in [0.1, 0.15) is 0 Å². The molecule has 5 nitrogen and oxygen atoms in total. The third-order valence-corrected chi connectivity index (χ3v) is 4.60. The monoisotopic (exact) mass is 339 g/mol. The van der Waals surface area contributed by atoms with E-state index in [-0.39, 0.29) is 22.3 Å². The van der Waals surface area contributed by atoms with Crippen molar-refractivity contribution in [3.8, 4) is 0 Å². The Hall–Kier alpha value is -1.92. The molecular formula is C15H14ClNO4S. The van der Waals surface area contributed by atoms with Crippen molar-refractivity contribution in [1.29, 1.82) is 0 Å². The van der Waals surface area contributed by atoms with Gasteiger partial charge in [0.15, 0.2) is 15.6 Å². The molecule has 1 aromatic carbocycles. The van der Waals surface area contributed by atoms with Crippen molar-refractivity contribution in [2.75, 3.05) is 12.1 Å². The first kappa shape index (κ1) is 16.5. The summed E-state index contributed by atoms with van der Waals surface area (Å²) >= 11 is 5.50. The van der Waals surface area contributed by atoms with Gasteiger partial charge in [-0.1, -0.05) is 0 Å². The molecule has 0 fully saturated rings. The van der Waals surface area contributed by atoms with Crippen molar-refractivity contribution >= 4 is 33.0 Å². The predicted octanol–water partition coefficient (Wildman–Crippen LogP) is 2.08. The summed E-state index contributed by atoms with van der Waals surface area (Å²) in [5.74, 6) is -0.708. The van der Waals surface area contributed by atoms with Crippen molar-refractivity contribution < 1.29 is 18.0 Å². The summed E-state index contributed by atoms with van der Waals surface area (Å²) in [5.41, 5.74) is 1.05. The Morgan fingerprint density at radius 2 is 1.73 bits per heavy atom. The van der Waals surface area contributed by atoms with E-state index < -0.39 is 9.84 Å².